The van der Waals surface area contributed by atoms with Gasteiger partial charge in [0, 0.05) is 16.7 Å². The molecule has 1 aromatic carbocycles. The minimum Gasteiger partial charge on any atom is -0.329 e. The highest BCUT2D eigenvalue weighted by Gasteiger charge is 2.12. The summed E-state index contributed by atoms with van der Waals surface area (Å²) in [4.78, 5) is 1.44. The molecule has 0 aromatic heterocycles. The van der Waals surface area contributed by atoms with Gasteiger partial charge in [-0.2, -0.15) is 12.6 Å². The van der Waals surface area contributed by atoms with Gasteiger partial charge in [0.25, 0.3) is 0 Å². The summed E-state index contributed by atoms with van der Waals surface area (Å²) in [6.07, 6.45) is 2.50. The first-order valence-electron chi connectivity index (χ1n) is 4.95. The van der Waals surface area contributed by atoms with E-state index in [0.717, 1.165) is 0 Å². The molecule has 76 valence electrons. The number of hydrogen-bond acceptors (Lipinski definition) is 3. The Labute approximate surface area is 94.9 Å². The molecular weight excluding hydrogens is 210 g/mol. The Balaban J connectivity index is 2.29. The van der Waals surface area contributed by atoms with Crippen molar-refractivity contribution in [3.05, 3.63) is 29.3 Å². The fourth-order valence-corrected chi connectivity index (χ4v) is 2.90. The molecule has 1 atom stereocenters. The number of fused-ring (bicyclic) bond motifs is 1. The van der Waals surface area contributed by atoms with Crippen LogP contribution < -0.4 is 5.73 Å². The van der Waals surface area contributed by atoms with Crippen LogP contribution in [0.4, 0.5) is 0 Å². The predicted octanol–water partition coefficient (Wildman–Crippen LogP) is 2.65. The molecule has 1 nitrogen and oxygen atoms in total. The lowest BCUT2D eigenvalue weighted by atomic mass is 10.0. The molecule has 1 heterocycles. The van der Waals surface area contributed by atoms with E-state index in [1.807, 2.05) is 11.8 Å². The van der Waals surface area contributed by atoms with E-state index in [0.29, 0.717) is 6.54 Å². The van der Waals surface area contributed by atoms with E-state index in [-0.39, 0.29) is 5.25 Å². The van der Waals surface area contributed by atoms with Crippen LogP contribution in [0, 0.1) is 0 Å². The van der Waals surface area contributed by atoms with Gasteiger partial charge in [0.1, 0.15) is 0 Å². The molecule has 1 aliphatic heterocycles. The van der Waals surface area contributed by atoms with E-state index in [9.17, 15) is 0 Å². The lowest BCUT2D eigenvalue weighted by molar-refractivity contribution is 0.875. The van der Waals surface area contributed by atoms with Crippen molar-refractivity contribution in [2.75, 3.05) is 12.3 Å². The third kappa shape index (κ3) is 2.10. The van der Waals surface area contributed by atoms with Crippen LogP contribution in [0.25, 0.3) is 0 Å². The van der Waals surface area contributed by atoms with Gasteiger partial charge in [-0.3, -0.25) is 0 Å². The van der Waals surface area contributed by atoms with E-state index in [4.69, 9.17) is 5.73 Å². The molecule has 2 N–H and O–H groups in total. The fourth-order valence-electron chi connectivity index (χ4n) is 1.72. The van der Waals surface area contributed by atoms with Crippen molar-refractivity contribution in [2.24, 2.45) is 5.73 Å². The van der Waals surface area contributed by atoms with Crippen molar-refractivity contribution in [3.63, 3.8) is 0 Å². The van der Waals surface area contributed by atoms with Crippen LogP contribution >= 0.6 is 24.4 Å². The first-order chi connectivity index (χ1) is 6.81. The molecule has 3 heteroatoms. The minimum absolute atomic E-state index is 0.187. The number of nitrogens with two attached hydrogens (primary N) is 1. The molecule has 0 radical (unpaired) electrons. The lowest BCUT2D eigenvalue weighted by Crippen LogP contribution is -2.08. The number of aryl methyl sites for hydroxylation is 1. The monoisotopic (exact) mass is 225 g/mol. The minimum atomic E-state index is 0.187. The topological polar surface area (TPSA) is 26.0 Å². The van der Waals surface area contributed by atoms with E-state index in [2.05, 4.69) is 30.8 Å². The SMILES string of the molecule is NCC(S)c1ccc2c(c1)CCCS2. The summed E-state index contributed by atoms with van der Waals surface area (Å²) in [6, 6.07) is 6.64. The summed E-state index contributed by atoms with van der Waals surface area (Å²) in [5, 5.41) is 0.187. The van der Waals surface area contributed by atoms with Crippen molar-refractivity contribution in [1.82, 2.24) is 0 Å². The standard InChI is InChI=1S/C11H15NS2/c12-7-10(13)8-3-4-11-9(6-8)2-1-5-14-11/h3-4,6,10,13H,1-2,5,7,12H2. The Morgan fingerprint density at radius 1 is 1.50 bits per heavy atom. The molecule has 1 aliphatic rings. The number of thioether (sulfide) groups is 1. The Morgan fingerprint density at radius 3 is 3.14 bits per heavy atom. The Morgan fingerprint density at radius 2 is 2.36 bits per heavy atom. The average Bonchev–Trinajstić information content (AvgIpc) is 2.27. The third-order valence-electron chi connectivity index (χ3n) is 2.54. The Kier molecular flexibility index (Phi) is 3.42. The second-order valence-corrected chi connectivity index (χ2v) is 5.33. The summed E-state index contributed by atoms with van der Waals surface area (Å²) < 4.78 is 0. The van der Waals surface area contributed by atoms with Gasteiger partial charge in [0.05, 0.1) is 0 Å². The number of thiol groups is 1. The van der Waals surface area contributed by atoms with Crippen LogP contribution in [0.5, 0.6) is 0 Å². The maximum absolute atomic E-state index is 5.60. The maximum atomic E-state index is 5.60. The lowest BCUT2D eigenvalue weighted by Gasteiger charge is -2.17. The zero-order valence-corrected chi connectivity index (χ0v) is 9.78. The zero-order valence-electron chi connectivity index (χ0n) is 8.07. The van der Waals surface area contributed by atoms with Gasteiger partial charge >= 0.3 is 0 Å². The van der Waals surface area contributed by atoms with E-state index >= 15 is 0 Å². The van der Waals surface area contributed by atoms with Crippen LogP contribution in [0.15, 0.2) is 23.1 Å². The van der Waals surface area contributed by atoms with Crippen molar-refractivity contribution in [2.45, 2.75) is 23.0 Å². The molecule has 0 fully saturated rings. The summed E-state index contributed by atoms with van der Waals surface area (Å²) in [7, 11) is 0. The van der Waals surface area contributed by atoms with Crippen LogP contribution in [0.3, 0.4) is 0 Å². The molecule has 0 saturated heterocycles. The molecule has 0 aliphatic carbocycles. The van der Waals surface area contributed by atoms with E-state index in [1.165, 1.54) is 34.6 Å². The first-order valence-corrected chi connectivity index (χ1v) is 6.45. The van der Waals surface area contributed by atoms with Gasteiger partial charge in [-0.05, 0) is 35.8 Å². The number of rotatable bonds is 2. The van der Waals surface area contributed by atoms with Gasteiger partial charge in [-0.1, -0.05) is 12.1 Å². The summed E-state index contributed by atoms with van der Waals surface area (Å²) >= 11 is 6.42. The second-order valence-electron chi connectivity index (χ2n) is 3.57. The molecule has 2 rings (SSSR count). The highest BCUT2D eigenvalue weighted by atomic mass is 32.2. The summed E-state index contributed by atoms with van der Waals surface area (Å²) in [5.74, 6) is 1.26. The second kappa shape index (κ2) is 4.60. The van der Waals surface area contributed by atoms with Crippen LogP contribution in [0.1, 0.15) is 22.8 Å². The predicted molar refractivity (Wildman–Crippen MR) is 66.3 cm³/mol. The van der Waals surface area contributed by atoms with Crippen LogP contribution in [-0.2, 0) is 6.42 Å². The Hall–Kier alpha value is -0.120. The van der Waals surface area contributed by atoms with Gasteiger partial charge in [-0.25, -0.2) is 0 Å². The van der Waals surface area contributed by atoms with Crippen LogP contribution in [-0.4, -0.2) is 12.3 Å². The molecule has 1 aromatic rings. The van der Waals surface area contributed by atoms with Gasteiger partial charge < -0.3 is 5.73 Å². The summed E-state index contributed by atoms with van der Waals surface area (Å²) in [6.45, 7) is 0.606. The normalized spacial score (nSPS) is 17.6. The molecule has 0 saturated carbocycles. The molecular formula is C11H15NS2. The molecule has 14 heavy (non-hydrogen) atoms. The Bertz CT molecular complexity index is 325. The van der Waals surface area contributed by atoms with Crippen molar-refractivity contribution in [1.29, 1.82) is 0 Å². The van der Waals surface area contributed by atoms with Crippen LogP contribution in [0.2, 0.25) is 0 Å². The number of hydrogen-bond donors (Lipinski definition) is 2. The van der Waals surface area contributed by atoms with Crippen molar-refractivity contribution >= 4 is 24.4 Å². The van der Waals surface area contributed by atoms with E-state index in [1.54, 1.807) is 0 Å². The van der Waals surface area contributed by atoms with E-state index < -0.39 is 0 Å². The quantitative estimate of drug-likeness (QED) is 0.757. The molecule has 0 amide bonds. The molecule has 1 unspecified atom stereocenters. The average molecular weight is 225 g/mol. The molecule has 0 spiro atoms. The zero-order chi connectivity index (χ0) is 9.97. The smallest absolute Gasteiger partial charge is 0.0389 e. The molecule has 0 bridgehead atoms. The highest BCUT2D eigenvalue weighted by Crippen LogP contribution is 2.32. The first kappa shape index (κ1) is 10.4. The van der Waals surface area contributed by atoms with Gasteiger partial charge in [0.15, 0.2) is 0 Å². The van der Waals surface area contributed by atoms with Gasteiger partial charge in [-0.15, -0.1) is 11.8 Å². The number of benzene rings is 1. The van der Waals surface area contributed by atoms with Gasteiger partial charge in [0.2, 0.25) is 0 Å². The highest BCUT2D eigenvalue weighted by molar-refractivity contribution is 7.99. The fraction of sp³-hybridized carbons (Fsp3) is 0.455. The third-order valence-corrected chi connectivity index (χ3v) is 4.25. The van der Waals surface area contributed by atoms with Crippen molar-refractivity contribution in [3.8, 4) is 0 Å². The van der Waals surface area contributed by atoms with Crippen molar-refractivity contribution < 1.29 is 0 Å². The largest absolute Gasteiger partial charge is 0.329 e. The maximum Gasteiger partial charge on any atom is 0.0389 e. The summed E-state index contributed by atoms with van der Waals surface area (Å²) in [5.41, 5.74) is 8.34.